The van der Waals surface area contributed by atoms with E-state index in [-0.39, 0.29) is 5.56 Å². The Balaban J connectivity index is 1.79. The zero-order valence-electron chi connectivity index (χ0n) is 10.6. The number of nitrogens with zero attached hydrogens (tertiary/aromatic N) is 1. The van der Waals surface area contributed by atoms with Crippen molar-refractivity contribution < 1.29 is 0 Å². The van der Waals surface area contributed by atoms with Gasteiger partial charge in [0.15, 0.2) is 0 Å². The molecule has 0 radical (unpaired) electrons. The predicted octanol–water partition coefficient (Wildman–Crippen LogP) is 1.83. The van der Waals surface area contributed by atoms with Crippen LogP contribution in [0.15, 0.2) is 16.9 Å². The molecule has 1 fully saturated rings. The van der Waals surface area contributed by atoms with Crippen LogP contribution in [0.5, 0.6) is 0 Å². The summed E-state index contributed by atoms with van der Waals surface area (Å²) in [6.07, 6.45) is 5.03. The summed E-state index contributed by atoms with van der Waals surface area (Å²) in [7, 11) is 0. The van der Waals surface area contributed by atoms with Crippen molar-refractivity contribution in [3.05, 3.63) is 28.2 Å². The summed E-state index contributed by atoms with van der Waals surface area (Å²) in [5.41, 5.74) is 1.26. The van der Waals surface area contributed by atoms with Crippen LogP contribution in [0.1, 0.15) is 45.2 Å². The third-order valence-corrected chi connectivity index (χ3v) is 3.65. The van der Waals surface area contributed by atoms with Gasteiger partial charge in [0.1, 0.15) is 0 Å². The molecule has 0 unspecified atom stereocenters. The van der Waals surface area contributed by atoms with Gasteiger partial charge in [-0.1, -0.05) is 13.8 Å². The Kier molecular flexibility index (Phi) is 3.62. The lowest BCUT2D eigenvalue weighted by atomic mass is 9.75. The van der Waals surface area contributed by atoms with Gasteiger partial charge in [0.25, 0.3) is 5.56 Å². The van der Waals surface area contributed by atoms with Crippen molar-refractivity contribution >= 4 is 0 Å². The first-order chi connectivity index (χ1) is 8.05. The molecule has 1 aliphatic carbocycles. The molecule has 0 aliphatic heterocycles. The van der Waals surface area contributed by atoms with Crippen LogP contribution in [-0.4, -0.2) is 16.2 Å². The lowest BCUT2D eigenvalue weighted by Gasteiger charge is -2.34. The van der Waals surface area contributed by atoms with E-state index in [1.807, 2.05) is 0 Å². The van der Waals surface area contributed by atoms with Crippen molar-refractivity contribution in [3.8, 4) is 0 Å². The molecule has 1 aromatic heterocycles. The Morgan fingerprint density at radius 3 is 2.71 bits per heavy atom. The fourth-order valence-corrected chi connectivity index (χ4v) is 2.32. The molecule has 0 amide bonds. The first kappa shape index (κ1) is 12.3. The molecule has 2 rings (SSSR count). The summed E-state index contributed by atoms with van der Waals surface area (Å²) >= 11 is 0. The molecular formula is C13H21N3O. The third kappa shape index (κ3) is 3.66. The minimum Gasteiger partial charge on any atom is -0.308 e. The molecule has 1 aromatic rings. The summed E-state index contributed by atoms with van der Waals surface area (Å²) in [6, 6.07) is 3.89. The van der Waals surface area contributed by atoms with E-state index < -0.39 is 0 Å². The van der Waals surface area contributed by atoms with Gasteiger partial charge in [-0.15, -0.1) is 0 Å². The van der Waals surface area contributed by atoms with Crippen LogP contribution in [0.2, 0.25) is 0 Å². The average Bonchev–Trinajstić information content (AvgIpc) is 2.30. The zero-order chi connectivity index (χ0) is 12.3. The second-order valence-corrected chi connectivity index (χ2v) is 5.73. The van der Waals surface area contributed by atoms with Crippen LogP contribution in [-0.2, 0) is 6.54 Å². The highest BCUT2D eigenvalue weighted by Crippen LogP contribution is 2.34. The maximum Gasteiger partial charge on any atom is 0.264 e. The summed E-state index contributed by atoms with van der Waals surface area (Å²) in [6.45, 7) is 5.42. The predicted molar refractivity (Wildman–Crippen MR) is 67.7 cm³/mol. The highest BCUT2D eigenvalue weighted by atomic mass is 16.1. The van der Waals surface area contributed by atoms with Gasteiger partial charge in [0, 0.05) is 18.7 Å². The van der Waals surface area contributed by atoms with Crippen LogP contribution < -0.4 is 10.9 Å². The summed E-state index contributed by atoms with van der Waals surface area (Å²) in [4.78, 5) is 10.9. The Morgan fingerprint density at radius 2 is 2.12 bits per heavy atom. The van der Waals surface area contributed by atoms with Gasteiger partial charge in [0.05, 0.1) is 5.69 Å². The average molecular weight is 235 g/mol. The van der Waals surface area contributed by atoms with Crippen LogP contribution in [0, 0.1) is 5.41 Å². The molecule has 0 aromatic carbocycles. The molecule has 94 valence electrons. The van der Waals surface area contributed by atoms with Crippen LogP contribution in [0.25, 0.3) is 0 Å². The first-order valence-electron chi connectivity index (χ1n) is 6.33. The second-order valence-electron chi connectivity index (χ2n) is 5.73. The number of hydrogen-bond acceptors (Lipinski definition) is 3. The van der Waals surface area contributed by atoms with E-state index in [4.69, 9.17) is 0 Å². The van der Waals surface area contributed by atoms with Crippen LogP contribution in [0.3, 0.4) is 0 Å². The van der Waals surface area contributed by atoms with E-state index in [9.17, 15) is 4.79 Å². The number of H-pyrrole nitrogens is 1. The Labute approximate surface area is 102 Å². The Hall–Kier alpha value is -1.16. The van der Waals surface area contributed by atoms with Crippen molar-refractivity contribution in [2.75, 3.05) is 0 Å². The normalized spacial score (nSPS) is 20.4. The van der Waals surface area contributed by atoms with Crippen molar-refractivity contribution in [1.29, 1.82) is 0 Å². The number of aromatic nitrogens is 2. The van der Waals surface area contributed by atoms with Gasteiger partial charge in [-0.2, -0.15) is 5.10 Å². The highest BCUT2D eigenvalue weighted by Gasteiger charge is 2.26. The molecule has 1 saturated carbocycles. The largest absolute Gasteiger partial charge is 0.308 e. The van der Waals surface area contributed by atoms with Gasteiger partial charge in [-0.25, -0.2) is 5.10 Å². The van der Waals surface area contributed by atoms with Crippen molar-refractivity contribution in [1.82, 2.24) is 15.5 Å². The lowest BCUT2D eigenvalue weighted by molar-refractivity contribution is 0.205. The van der Waals surface area contributed by atoms with E-state index in [1.165, 1.54) is 31.7 Å². The van der Waals surface area contributed by atoms with Crippen LogP contribution >= 0.6 is 0 Å². The third-order valence-electron chi connectivity index (χ3n) is 3.65. The molecular weight excluding hydrogens is 214 g/mol. The standard InChI is InChI=1S/C13H21N3O/c1-13(2)7-5-10(6-8-13)14-9-11-3-4-12(17)16-15-11/h3-4,10,14H,5-9H2,1-2H3,(H,16,17). The van der Waals surface area contributed by atoms with Crippen molar-refractivity contribution in [2.24, 2.45) is 5.41 Å². The smallest absolute Gasteiger partial charge is 0.264 e. The van der Waals surface area contributed by atoms with Gasteiger partial charge >= 0.3 is 0 Å². The van der Waals surface area contributed by atoms with Crippen molar-refractivity contribution in [3.63, 3.8) is 0 Å². The molecule has 4 heteroatoms. The topological polar surface area (TPSA) is 57.8 Å². The summed E-state index contributed by atoms with van der Waals surface area (Å²) < 4.78 is 0. The molecule has 1 heterocycles. The van der Waals surface area contributed by atoms with E-state index in [0.29, 0.717) is 11.5 Å². The molecule has 1 aliphatic rings. The SMILES string of the molecule is CC1(C)CCC(NCc2ccc(=O)[nH]n2)CC1. The minimum absolute atomic E-state index is 0.145. The second kappa shape index (κ2) is 5.00. The van der Waals surface area contributed by atoms with E-state index in [1.54, 1.807) is 6.07 Å². The van der Waals surface area contributed by atoms with Gasteiger partial charge < -0.3 is 5.32 Å². The number of rotatable bonds is 3. The Bertz CT molecular complexity index is 394. The first-order valence-corrected chi connectivity index (χ1v) is 6.33. The molecule has 0 spiro atoms. The fourth-order valence-electron chi connectivity index (χ4n) is 2.32. The maximum atomic E-state index is 10.9. The van der Waals surface area contributed by atoms with Crippen LogP contribution in [0.4, 0.5) is 0 Å². The molecule has 2 N–H and O–H groups in total. The monoisotopic (exact) mass is 235 g/mol. The van der Waals surface area contributed by atoms with Crippen molar-refractivity contribution in [2.45, 2.75) is 52.1 Å². The zero-order valence-corrected chi connectivity index (χ0v) is 10.6. The van der Waals surface area contributed by atoms with E-state index in [0.717, 1.165) is 12.2 Å². The van der Waals surface area contributed by atoms with E-state index >= 15 is 0 Å². The molecule has 17 heavy (non-hydrogen) atoms. The summed E-state index contributed by atoms with van der Waals surface area (Å²) in [5.74, 6) is 0. The quantitative estimate of drug-likeness (QED) is 0.840. The molecule has 0 bridgehead atoms. The lowest BCUT2D eigenvalue weighted by Crippen LogP contribution is -2.35. The number of hydrogen-bond donors (Lipinski definition) is 2. The fraction of sp³-hybridized carbons (Fsp3) is 0.692. The van der Waals surface area contributed by atoms with Gasteiger partial charge in [-0.05, 0) is 37.2 Å². The molecule has 4 nitrogen and oxygen atoms in total. The number of aromatic amines is 1. The Morgan fingerprint density at radius 1 is 1.41 bits per heavy atom. The van der Waals surface area contributed by atoms with E-state index in [2.05, 4.69) is 29.4 Å². The van der Waals surface area contributed by atoms with Gasteiger partial charge in [0.2, 0.25) is 0 Å². The summed E-state index contributed by atoms with van der Waals surface area (Å²) in [5, 5.41) is 9.96. The minimum atomic E-state index is -0.145. The van der Waals surface area contributed by atoms with Gasteiger partial charge in [-0.3, -0.25) is 4.79 Å². The molecule has 0 saturated heterocycles. The number of nitrogens with one attached hydrogen (secondary N) is 2. The highest BCUT2D eigenvalue weighted by molar-refractivity contribution is 4.99. The maximum absolute atomic E-state index is 10.9. The molecule has 0 atom stereocenters.